The lowest BCUT2D eigenvalue weighted by Gasteiger charge is -2.19. The average molecular weight is 457 g/mol. The molecule has 32 heavy (non-hydrogen) atoms. The maximum absolute atomic E-state index is 11.7. The Labute approximate surface area is 191 Å². The van der Waals surface area contributed by atoms with Crippen LogP contribution in [-0.4, -0.2) is 44.8 Å². The van der Waals surface area contributed by atoms with Crippen LogP contribution in [-0.2, 0) is 23.9 Å². The molecule has 0 radical (unpaired) electrons. The fourth-order valence-corrected chi connectivity index (χ4v) is 3.26. The second-order valence-electron chi connectivity index (χ2n) is 8.26. The third-order valence-corrected chi connectivity index (χ3v) is 5.15. The van der Waals surface area contributed by atoms with Crippen LogP contribution in [0.3, 0.4) is 0 Å². The van der Waals surface area contributed by atoms with Gasteiger partial charge < -0.3 is 20.1 Å². The van der Waals surface area contributed by atoms with Crippen LogP contribution in [0.2, 0.25) is 0 Å². The Morgan fingerprint density at radius 3 is 1.72 bits per heavy atom. The van der Waals surface area contributed by atoms with Crippen molar-refractivity contribution in [2.75, 3.05) is 0 Å². The Balaban J connectivity index is 3.75. The van der Waals surface area contributed by atoms with E-state index in [1.165, 1.54) is 38.5 Å². The summed E-state index contributed by atoms with van der Waals surface area (Å²) in [5, 5.41) is 27.3. The normalized spacial score (nSPS) is 13.1. The number of aliphatic carboxylic acids is 2. The minimum Gasteiger partial charge on any atom is -0.481 e. The molecule has 8 nitrogen and oxygen atoms in total. The van der Waals surface area contributed by atoms with Gasteiger partial charge in [-0.05, 0) is 32.1 Å². The zero-order valence-corrected chi connectivity index (χ0v) is 19.4. The van der Waals surface area contributed by atoms with Crippen LogP contribution in [0.15, 0.2) is 12.2 Å². The van der Waals surface area contributed by atoms with Crippen molar-refractivity contribution < 1.29 is 39.2 Å². The molecule has 0 aromatic rings. The van der Waals surface area contributed by atoms with Crippen molar-refractivity contribution in [3.63, 3.8) is 0 Å². The van der Waals surface area contributed by atoms with Gasteiger partial charge >= 0.3 is 23.9 Å². The third kappa shape index (κ3) is 16.5. The Morgan fingerprint density at radius 2 is 1.22 bits per heavy atom. The molecule has 0 aromatic heterocycles. The molecule has 0 saturated heterocycles. The number of carboxylic acid groups (broad SMARTS) is 2. The lowest BCUT2D eigenvalue weighted by molar-refractivity contribution is -0.174. The van der Waals surface area contributed by atoms with Crippen molar-refractivity contribution >= 4 is 23.9 Å². The van der Waals surface area contributed by atoms with Gasteiger partial charge in [-0.25, -0.2) is 4.79 Å². The van der Waals surface area contributed by atoms with E-state index < -0.39 is 42.3 Å². The summed E-state index contributed by atoms with van der Waals surface area (Å²) in [4.78, 5) is 45.0. The number of hydrogen-bond donors (Lipinski definition) is 3. The second-order valence-corrected chi connectivity index (χ2v) is 8.26. The van der Waals surface area contributed by atoms with Crippen LogP contribution >= 0.6 is 0 Å². The van der Waals surface area contributed by atoms with Gasteiger partial charge in [0, 0.05) is 6.42 Å². The summed E-state index contributed by atoms with van der Waals surface area (Å²) in [5.74, 6) is -5.51. The monoisotopic (exact) mass is 456 g/mol. The van der Waals surface area contributed by atoms with Gasteiger partial charge in [0.1, 0.15) is 0 Å². The molecule has 0 bridgehead atoms. The molecule has 0 aliphatic heterocycles. The molecule has 0 saturated carbocycles. The zero-order valence-electron chi connectivity index (χ0n) is 19.4. The number of esters is 2. The first-order chi connectivity index (χ1) is 15.2. The highest BCUT2D eigenvalue weighted by molar-refractivity contribution is 5.92. The minimum absolute atomic E-state index is 0.00826. The molecule has 0 fully saturated rings. The van der Waals surface area contributed by atoms with E-state index in [-0.39, 0.29) is 6.42 Å². The van der Waals surface area contributed by atoms with E-state index in [1.807, 2.05) is 0 Å². The smallest absolute Gasteiger partial charge is 0.336 e. The van der Waals surface area contributed by atoms with Gasteiger partial charge in [0.15, 0.2) is 5.60 Å². The number of carbonyl (C=O) groups excluding carboxylic acids is 2. The van der Waals surface area contributed by atoms with Crippen LogP contribution in [0.5, 0.6) is 0 Å². The van der Waals surface area contributed by atoms with Gasteiger partial charge in [0.2, 0.25) is 0 Å². The molecule has 3 N–H and O–H groups in total. The number of hydrogen-bond acceptors (Lipinski definition) is 6. The number of ether oxygens (including phenoxy) is 1. The summed E-state index contributed by atoms with van der Waals surface area (Å²) < 4.78 is 4.49. The van der Waals surface area contributed by atoms with Crippen LogP contribution < -0.4 is 0 Å². The van der Waals surface area contributed by atoms with E-state index in [0.29, 0.717) is 6.42 Å². The van der Waals surface area contributed by atoms with E-state index in [1.54, 1.807) is 0 Å². The first-order valence-corrected chi connectivity index (χ1v) is 11.8. The quantitative estimate of drug-likeness (QED) is 0.103. The minimum atomic E-state index is -2.80. The van der Waals surface area contributed by atoms with Crippen molar-refractivity contribution in [1.29, 1.82) is 0 Å². The highest BCUT2D eigenvalue weighted by atomic mass is 16.6. The number of aliphatic hydroxyl groups is 1. The molecule has 8 heteroatoms. The summed E-state index contributed by atoms with van der Waals surface area (Å²) in [7, 11) is 0. The van der Waals surface area contributed by atoms with E-state index in [0.717, 1.165) is 38.5 Å². The number of carbonyl (C=O) groups is 4. The summed E-state index contributed by atoms with van der Waals surface area (Å²) in [6, 6.07) is 0. The maximum Gasteiger partial charge on any atom is 0.336 e. The van der Waals surface area contributed by atoms with Crippen LogP contribution in [0.1, 0.15) is 110 Å². The number of allylic oxidation sites excluding steroid dienone is 2. The van der Waals surface area contributed by atoms with E-state index in [9.17, 15) is 24.3 Å². The Bertz CT molecular complexity index is 599. The molecule has 0 spiro atoms. The molecular weight excluding hydrogens is 416 g/mol. The molecule has 184 valence electrons. The van der Waals surface area contributed by atoms with Crippen LogP contribution in [0, 0.1) is 0 Å². The van der Waals surface area contributed by atoms with E-state index in [4.69, 9.17) is 10.2 Å². The standard InChI is InChI=1S/C24H40O8/c1-2-3-4-5-6-7-8-9-10-11-12-13-14-15-16-17-21(27)32-22(28)19-24(31,23(29)30)18-20(25)26/h9-10,31H,2-8,11-19H2,1H3,(H,25,26)(H,29,30)/b10-9-. The first kappa shape index (κ1) is 29.8. The van der Waals surface area contributed by atoms with Gasteiger partial charge in [0.25, 0.3) is 0 Å². The molecular formula is C24H40O8. The van der Waals surface area contributed by atoms with Crippen molar-refractivity contribution in [3.8, 4) is 0 Å². The highest BCUT2D eigenvalue weighted by Crippen LogP contribution is 2.17. The van der Waals surface area contributed by atoms with Crippen LogP contribution in [0.25, 0.3) is 0 Å². The predicted molar refractivity (Wildman–Crippen MR) is 120 cm³/mol. The number of unbranched alkanes of at least 4 members (excludes halogenated alkanes) is 11. The van der Waals surface area contributed by atoms with Crippen molar-refractivity contribution in [2.45, 2.75) is 115 Å². The van der Waals surface area contributed by atoms with Crippen molar-refractivity contribution in [2.24, 2.45) is 0 Å². The maximum atomic E-state index is 11.7. The summed E-state index contributed by atoms with van der Waals surface area (Å²) in [5.41, 5.74) is -2.80. The topological polar surface area (TPSA) is 138 Å². The Morgan fingerprint density at radius 1 is 0.719 bits per heavy atom. The second kappa shape index (κ2) is 18.4. The van der Waals surface area contributed by atoms with Gasteiger partial charge in [-0.2, -0.15) is 0 Å². The lowest BCUT2D eigenvalue weighted by atomic mass is 9.96. The number of carboxylic acids is 2. The molecule has 0 heterocycles. The molecule has 1 unspecified atom stereocenters. The first-order valence-electron chi connectivity index (χ1n) is 11.8. The summed E-state index contributed by atoms with van der Waals surface area (Å²) in [6.45, 7) is 2.22. The fraction of sp³-hybridized carbons (Fsp3) is 0.750. The molecule has 0 aliphatic carbocycles. The van der Waals surface area contributed by atoms with Crippen molar-refractivity contribution in [1.82, 2.24) is 0 Å². The van der Waals surface area contributed by atoms with E-state index >= 15 is 0 Å². The molecule has 0 aromatic carbocycles. The summed E-state index contributed by atoms with van der Waals surface area (Å²) >= 11 is 0. The SMILES string of the molecule is CCCCCCCC/C=C\CCCCCCCC(=O)OC(=O)CC(O)(CC(=O)O)C(=O)O. The van der Waals surface area contributed by atoms with Gasteiger partial charge in [-0.3, -0.25) is 14.4 Å². The van der Waals surface area contributed by atoms with Gasteiger partial charge in [-0.1, -0.05) is 70.4 Å². The lowest BCUT2D eigenvalue weighted by Crippen LogP contribution is -2.43. The van der Waals surface area contributed by atoms with Crippen molar-refractivity contribution in [3.05, 3.63) is 12.2 Å². The third-order valence-electron chi connectivity index (χ3n) is 5.15. The number of rotatable bonds is 20. The van der Waals surface area contributed by atoms with E-state index in [2.05, 4.69) is 23.8 Å². The summed E-state index contributed by atoms with van der Waals surface area (Å²) in [6.07, 6.45) is 16.7. The largest absolute Gasteiger partial charge is 0.481 e. The average Bonchev–Trinajstić information content (AvgIpc) is 2.69. The zero-order chi connectivity index (χ0) is 24.2. The van der Waals surface area contributed by atoms with Gasteiger partial charge in [0.05, 0.1) is 12.8 Å². The highest BCUT2D eigenvalue weighted by Gasteiger charge is 2.41. The Hall–Kier alpha value is -2.22. The van der Waals surface area contributed by atoms with Gasteiger partial charge in [-0.15, -0.1) is 0 Å². The van der Waals surface area contributed by atoms with Crippen LogP contribution in [0.4, 0.5) is 0 Å². The Kier molecular flexibility index (Phi) is 17.1. The fourth-order valence-electron chi connectivity index (χ4n) is 3.26. The molecule has 1 atom stereocenters. The molecule has 0 aliphatic rings. The predicted octanol–water partition coefficient (Wildman–Crippen LogP) is 4.77. The molecule has 0 amide bonds. The molecule has 0 rings (SSSR count).